The van der Waals surface area contributed by atoms with Crippen molar-refractivity contribution in [2.75, 3.05) is 0 Å². The van der Waals surface area contributed by atoms with Crippen molar-refractivity contribution in [3.05, 3.63) is 29.0 Å². The summed E-state index contributed by atoms with van der Waals surface area (Å²) in [6.07, 6.45) is 3.89. The third-order valence-corrected chi connectivity index (χ3v) is 2.65. The van der Waals surface area contributed by atoms with Crippen molar-refractivity contribution >= 4 is 17.5 Å². The average molecular weight is 227 g/mol. The quantitative estimate of drug-likeness (QED) is 0.861. The summed E-state index contributed by atoms with van der Waals surface area (Å²) in [6.45, 7) is 5.97. The fourth-order valence-corrected chi connectivity index (χ4v) is 1.23. The summed E-state index contributed by atoms with van der Waals surface area (Å²) >= 11 is 5.87. The molecule has 0 bridgehead atoms. The number of hydrogen-bond donors (Lipinski definition) is 1. The molecule has 0 atom stereocenters. The Hall–Kier alpha value is -1.09. The van der Waals surface area contributed by atoms with Gasteiger partial charge in [-0.3, -0.25) is 9.78 Å². The van der Waals surface area contributed by atoms with Crippen LogP contribution in [0.4, 0.5) is 0 Å². The first-order chi connectivity index (χ1) is 6.96. The van der Waals surface area contributed by atoms with Crippen LogP contribution in [-0.4, -0.2) is 16.4 Å². The van der Waals surface area contributed by atoms with Crippen molar-refractivity contribution in [3.63, 3.8) is 0 Å². The second kappa shape index (κ2) is 4.62. The number of amides is 1. The van der Waals surface area contributed by atoms with E-state index in [-0.39, 0.29) is 11.4 Å². The second-order valence-electron chi connectivity index (χ2n) is 4.05. The van der Waals surface area contributed by atoms with E-state index in [1.54, 1.807) is 12.3 Å². The minimum atomic E-state index is -0.219. The van der Waals surface area contributed by atoms with Crippen molar-refractivity contribution in [3.8, 4) is 0 Å². The van der Waals surface area contributed by atoms with Gasteiger partial charge < -0.3 is 5.32 Å². The van der Waals surface area contributed by atoms with Gasteiger partial charge in [0.2, 0.25) is 0 Å². The molecule has 1 N–H and O–H groups in total. The Kier molecular flexibility index (Phi) is 3.69. The molecule has 1 aromatic rings. The summed E-state index contributed by atoms with van der Waals surface area (Å²) < 4.78 is 0. The van der Waals surface area contributed by atoms with Crippen LogP contribution in [0.25, 0.3) is 0 Å². The first-order valence-corrected chi connectivity index (χ1v) is 5.26. The number of rotatable bonds is 3. The highest BCUT2D eigenvalue weighted by Gasteiger charge is 2.20. The maximum Gasteiger partial charge on any atom is 0.253 e. The maximum absolute atomic E-state index is 11.8. The maximum atomic E-state index is 11.8. The molecule has 0 aliphatic rings. The molecule has 0 aromatic carbocycles. The molecular weight excluding hydrogens is 212 g/mol. The minimum absolute atomic E-state index is 0.158. The Bertz CT molecular complexity index is 363. The number of carbonyl (C=O) groups is 1. The fraction of sp³-hybridized carbons (Fsp3) is 0.455. The molecule has 1 aromatic heterocycles. The highest BCUT2D eigenvalue weighted by molar-refractivity contribution is 6.33. The van der Waals surface area contributed by atoms with Crippen LogP contribution >= 0.6 is 11.6 Å². The van der Waals surface area contributed by atoms with Crippen molar-refractivity contribution in [1.29, 1.82) is 0 Å². The van der Waals surface area contributed by atoms with Crippen LogP contribution in [0.3, 0.4) is 0 Å². The van der Waals surface area contributed by atoms with Crippen LogP contribution in [0.2, 0.25) is 5.02 Å². The molecule has 0 fully saturated rings. The monoisotopic (exact) mass is 226 g/mol. The van der Waals surface area contributed by atoms with Gasteiger partial charge in [-0.05, 0) is 26.3 Å². The molecule has 0 aliphatic heterocycles. The molecule has 0 saturated heterocycles. The summed E-state index contributed by atoms with van der Waals surface area (Å²) in [5, 5.41) is 3.29. The number of pyridine rings is 1. The predicted octanol–water partition coefficient (Wildman–Crippen LogP) is 2.65. The lowest BCUT2D eigenvalue weighted by Gasteiger charge is -2.24. The van der Waals surface area contributed by atoms with Gasteiger partial charge in [-0.2, -0.15) is 0 Å². The lowest BCUT2D eigenvalue weighted by molar-refractivity contribution is 0.0911. The van der Waals surface area contributed by atoms with E-state index in [1.807, 2.05) is 20.8 Å². The molecular formula is C11H15ClN2O. The minimum Gasteiger partial charge on any atom is -0.347 e. The normalized spacial score (nSPS) is 11.2. The molecule has 0 aliphatic carbocycles. The van der Waals surface area contributed by atoms with Gasteiger partial charge in [0.05, 0.1) is 10.6 Å². The van der Waals surface area contributed by atoms with E-state index < -0.39 is 0 Å². The van der Waals surface area contributed by atoms with Crippen molar-refractivity contribution in [2.24, 2.45) is 0 Å². The highest BCUT2D eigenvalue weighted by Crippen LogP contribution is 2.15. The van der Waals surface area contributed by atoms with E-state index in [9.17, 15) is 4.79 Å². The molecule has 1 heterocycles. The Morgan fingerprint density at radius 1 is 1.60 bits per heavy atom. The third kappa shape index (κ3) is 3.20. The molecule has 15 heavy (non-hydrogen) atoms. The molecule has 3 nitrogen and oxygen atoms in total. The molecule has 1 amide bonds. The number of nitrogens with zero attached hydrogens (tertiary/aromatic N) is 1. The second-order valence-corrected chi connectivity index (χ2v) is 4.45. The summed E-state index contributed by atoms with van der Waals surface area (Å²) in [4.78, 5) is 15.6. The Labute approximate surface area is 94.9 Å². The van der Waals surface area contributed by atoms with Gasteiger partial charge >= 0.3 is 0 Å². The first kappa shape index (κ1) is 12.0. The zero-order chi connectivity index (χ0) is 11.5. The number of nitrogens with one attached hydrogen (secondary N) is 1. The van der Waals surface area contributed by atoms with Gasteiger partial charge in [0.25, 0.3) is 5.91 Å². The standard InChI is InChI=1S/C11H15ClN2O/c1-4-11(2,3)14-10(15)8-5-6-13-7-9(8)12/h5-7H,4H2,1-3H3,(H,14,15). The summed E-state index contributed by atoms with van der Waals surface area (Å²) in [7, 11) is 0. The Morgan fingerprint density at radius 2 is 2.27 bits per heavy atom. The summed E-state index contributed by atoms with van der Waals surface area (Å²) in [6, 6.07) is 1.61. The molecule has 0 radical (unpaired) electrons. The lowest BCUT2D eigenvalue weighted by Crippen LogP contribution is -2.42. The van der Waals surface area contributed by atoms with E-state index in [1.165, 1.54) is 6.20 Å². The largest absolute Gasteiger partial charge is 0.347 e. The van der Waals surface area contributed by atoms with Gasteiger partial charge in [-0.1, -0.05) is 18.5 Å². The number of hydrogen-bond acceptors (Lipinski definition) is 2. The van der Waals surface area contributed by atoms with E-state index in [0.717, 1.165) is 6.42 Å². The highest BCUT2D eigenvalue weighted by atomic mass is 35.5. The smallest absolute Gasteiger partial charge is 0.253 e. The zero-order valence-corrected chi connectivity index (χ0v) is 9.93. The topological polar surface area (TPSA) is 42.0 Å². The van der Waals surface area contributed by atoms with Crippen LogP contribution in [0, 0.1) is 0 Å². The van der Waals surface area contributed by atoms with Gasteiger partial charge in [0.15, 0.2) is 0 Å². The summed E-state index contributed by atoms with van der Waals surface area (Å²) in [5.41, 5.74) is 0.247. The van der Waals surface area contributed by atoms with Crippen LogP contribution in [0.5, 0.6) is 0 Å². The van der Waals surface area contributed by atoms with Gasteiger partial charge in [0.1, 0.15) is 0 Å². The molecule has 1 rings (SSSR count). The first-order valence-electron chi connectivity index (χ1n) is 4.88. The van der Waals surface area contributed by atoms with Gasteiger partial charge in [-0.15, -0.1) is 0 Å². The SMILES string of the molecule is CCC(C)(C)NC(=O)c1ccncc1Cl. The van der Waals surface area contributed by atoms with Crippen LogP contribution in [-0.2, 0) is 0 Å². The van der Waals surface area contributed by atoms with E-state index in [0.29, 0.717) is 10.6 Å². The number of aromatic nitrogens is 1. The predicted molar refractivity (Wildman–Crippen MR) is 61.1 cm³/mol. The summed E-state index contributed by atoms with van der Waals surface area (Å²) in [5.74, 6) is -0.158. The van der Waals surface area contributed by atoms with Crippen molar-refractivity contribution < 1.29 is 4.79 Å². The van der Waals surface area contributed by atoms with Gasteiger partial charge in [0, 0.05) is 17.9 Å². The van der Waals surface area contributed by atoms with E-state index in [4.69, 9.17) is 11.6 Å². The molecule has 0 spiro atoms. The lowest BCUT2D eigenvalue weighted by atomic mass is 10.0. The van der Waals surface area contributed by atoms with Crippen LogP contribution < -0.4 is 5.32 Å². The van der Waals surface area contributed by atoms with Crippen LogP contribution in [0.15, 0.2) is 18.5 Å². The fourth-order valence-electron chi connectivity index (χ4n) is 1.02. The van der Waals surface area contributed by atoms with Crippen LogP contribution in [0.1, 0.15) is 37.6 Å². The van der Waals surface area contributed by atoms with E-state index >= 15 is 0 Å². The van der Waals surface area contributed by atoms with Gasteiger partial charge in [-0.25, -0.2) is 0 Å². The number of halogens is 1. The molecule has 0 unspecified atom stereocenters. The molecule has 82 valence electrons. The number of carbonyl (C=O) groups excluding carboxylic acids is 1. The third-order valence-electron chi connectivity index (χ3n) is 2.35. The Balaban J connectivity index is 2.83. The van der Waals surface area contributed by atoms with E-state index in [2.05, 4.69) is 10.3 Å². The Morgan fingerprint density at radius 3 is 2.80 bits per heavy atom. The molecule has 0 saturated carbocycles. The average Bonchev–Trinajstić information content (AvgIpc) is 2.17. The van der Waals surface area contributed by atoms with Crippen molar-refractivity contribution in [1.82, 2.24) is 10.3 Å². The molecule has 4 heteroatoms. The zero-order valence-electron chi connectivity index (χ0n) is 9.17. The van der Waals surface area contributed by atoms with Crippen molar-refractivity contribution in [2.45, 2.75) is 32.7 Å².